The van der Waals surface area contributed by atoms with E-state index in [1.165, 1.54) is 5.56 Å². The van der Waals surface area contributed by atoms with Crippen LogP contribution in [0.25, 0.3) is 0 Å². The van der Waals surface area contributed by atoms with Crippen molar-refractivity contribution in [3.8, 4) is 0 Å². The molecule has 1 heterocycles. The van der Waals surface area contributed by atoms with Crippen molar-refractivity contribution in [1.29, 1.82) is 0 Å². The third kappa shape index (κ3) is 3.21. The van der Waals surface area contributed by atoms with Crippen LogP contribution in [-0.2, 0) is 6.42 Å². The van der Waals surface area contributed by atoms with Crippen LogP contribution in [0.1, 0.15) is 17.2 Å². The maximum absolute atomic E-state index is 12.7. The third-order valence-electron chi connectivity index (χ3n) is 4.19. The summed E-state index contributed by atoms with van der Waals surface area (Å²) in [5.74, 6) is 0. The van der Waals surface area contributed by atoms with Crippen molar-refractivity contribution in [3.63, 3.8) is 0 Å². The number of hydrogen-bond donors (Lipinski definition) is 2. The molecule has 0 saturated heterocycles. The molecule has 2 aromatic rings. The Balaban J connectivity index is 1.82. The molecular formula is C18H20N2O2S. The maximum Gasteiger partial charge on any atom is 0.322 e. The molecule has 2 N–H and O–H groups in total. The Bertz CT molecular complexity index is 705. The standard InChI is InChI=1S/C18H20N2O2S/c1-23-17-9-5-4-8-15(17)19-18(22)20-11-10-13-6-2-3-7-14(13)16(20)12-21/h2-9,16,21H,10-12H2,1H3,(H,19,22). The van der Waals surface area contributed by atoms with Crippen molar-refractivity contribution in [1.82, 2.24) is 4.90 Å². The largest absolute Gasteiger partial charge is 0.394 e. The number of para-hydroxylation sites is 1. The summed E-state index contributed by atoms with van der Waals surface area (Å²) in [4.78, 5) is 15.5. The minimum atomic E-state index is -0.290. The first-order valence-corrected chi connectivity index (χ1v) is 8.86. The topological polar surface area (TPSA) is 52.6 Å². The summed E-state index contributed by atoms with van der Waals surface area (Å²) in [5, 5.41) is 12.8. The number of nitrogens with zero attached hydrogens (tertiary/aromatic N) is 1. The lowest BCUT2D eigenvalue weighted by Gasteiger charge is -2.36. The second-order valence-corrected chi connectivity index (χ2v) is 6.32. The summed E-state index contributed by atoms with van der Waals surface area (Å²) in [6.45, 7) is 0.532. The van der Waals surface area contributed by atoms with E-state index in [2.05, 4.69) is 11.4 Å². The van der Waals surface area contributed by atoms with Gasteiger partial charge >= 0.3 is 6.03 Å². The monoisotopic (exact) mass is 328 g/mol. The van der Waals surface area contributed by atoms with Crippen LogP contribution in [0.3, 0.4) is 0 Å². The van der Waals surface area contributed by atoms with Crippen molar-refractivity contribution < 1.29 is 9.90 Å². The van der Waals surface area contributed by atoms with Gasteiger partial charge in [-0.3, -0.25) is 0 Å². The van der Waals surface area contributed by atoms with Gasteiger partial charge in [-0.2, -0.15) is 0 Å². The fraction of sp³-hybridized carbons (Fsp3) is 0.278. The van der Waals surface area contributed by atoms with Crippen LogP contribution in [-0.4, -0.2) is 35.4 Å². The van der Waals surface area contributed by atoms with E-state index in [1.807, 2.05) is 48.7 Å². The minimum absolute atomic E-state index is 0.0748. The van der Waals surface area contributed by atoms with Crippen molar-refractivity contribution in [2.75, 3.05) is 24.7 Å². The summed E-state index contributed by atoms with van der Waals surface area (Å²) in [7, 11) is 0. The highest BCUT2D eigenvalue weighted by atomic mass is 32.2. The van der Waals surface area contributed by atoms with E-state index >= 15 is 0 Å². The van der Waals surface area contributed by atoms with Crippen molar-refractivity contribution in [2.45, 2.75) is 17.4 Å². The number of fused-ring (bicyclic) bond motifs is 1. The number of urea groups is 1. The van der Waals surface area contributed by atoms with E-state index in [-0.39, 0.29) is 18.7 Å². The van der Waals surface area contributed by atoms with Crippen molar-refractivity contribution >= 4 is 23.5 Å². The fourth-order valence-electron chi connectivity index (χ4n) is 3.03. The van der Waals surface area contributed by atoms with Gasteiger partial charge in [-0.1, -0.05) is 36.4 Å². The van der Waals surface area contributed by atoms with Gasteiger partial charge in [0.25, 0.3) is 0 Å². The molecule has 1 atom stereocenters. The van der Waals surface area contributed by atoms with E-state index in [9.17, 15) is 9.90 Å². The molecule has 0 aromatic heterocycles. The maximum atomic E-state index is 12.7. The molecule has 2 aromatic carbocycles. The zero-order valence-electron chi connectivity index (χ0n) is 13.0. The van der Waals surface area contributed by atoms with Gasteiger partial charge in [0, 0.05) is 11.4 Å². The molecule has 1 unspecified atom stereocenters. The number of benzene rings is 2. The fourth-order valence-corrected chi connectivity index (χ4v) is 3.58. The first-order valence-electron chi connectivity index (χ1n) is 7.64. The van der Waals surface area contributed by atoms with E-state index in [0.29, 0.717) is 6.54 Å². The Morgan fingerprint density at radius 3 is 2.78 bits per heavy atom. The quantitative estimate of drug-likeness (QED) is 0.848. The summed E-state index contributed by atoms with van der Waals surface area (Å²) in [6, 6.07) is 15.3. The zero-order chi connectivity index (χ0) is 16.2. The van der Waals surface area contributed by atoms with Gasteiger partial charge in [-0.15, -0.1) is 11.8 Å². The lowest BCUT2D eigenvalue weighted by atomic mass is 9.93. The molecule has 4 nitrogen and oxygen atoms in total. The highest BCUT2D eigenvalue weighted by Gasteiger charge is 2.30. The van der Waals surface area contributed by atoms with Crippen LogP contribution in [0.2, 0.25) is 0 Å². The number of rotatable bonds is 3. The Morgan fingerprint density at radius 1 is 1.26 bits per heavy atom. The van der Waals surface area contributed by atoms with Crippen LogP contribution in [0, 0.1) is 0 Å². The molecule has 120 valence electrons. The van der Waals surface area contributed by atoms with Gasteiger partial charge in [0.15, 0.2) is 0 Å². The van der Waals surface area contributed by atoms with Crippen molar-refractivity contribution in [3.05, 3.63) is 59.7 Å². The molecule has 0 saturated carbocycles. The molecule has 3 rings (SSSR count). The Labute approximate surface area is 140 Å². The number of aliphatic hydroxyl groups is 1. The highest BCUT2D eigenvalue weighted by molar-refractivity contribution is 7.98. The van der Waals surface area contributed by atoms with Crippen LogP contribution in [0.4, 0.5) is 10.5 Å². The Morgan fingerprint density at radius 2 is 2.00 bits per heavy atom. The molecule has 1 aliphatic rings. The molecule has 1 aliphatic heterocycles. The number of aliphatic hydroxyl groups excluding tert-OH is 1. The average Bonchev–Trinajstić information content (AvgIpc) is 2.61. The molecule has 2 amide bonds. The number of amides is 2. The minimum Gasteiger partial charge on any atom is -0.394 e. The first-order chi connectivity index (χ1) is 11.2. The Kier molecular flexibility index (Phi) is 4.88. The highest BCUT2D eigenvalue weighted by Crippen LogP contribution is 2.31. The summed E-state index contributed by atoms with van der Waals surface area (Å²) in [6.07, 6.45) is 2.79. The van der Waals surface area contributed by atoms with E-state index in [4.69, 9.17) is 0 Å². The number of nitrogens with one attached hydrogen (secondary N) is 1. The van der Waals surface area contributed by atoms with Gasteiger partial charge in [0.05, 0.1) is 18.3 Å². The van der Waals surface area contributed by atoms with Crippen LogP contribution in [0.5, 0.6) is 0 Å². The van der Waals surface area contributed by atoms with E-state index < -0.39 is 0 Å². The molecular weight excluding hydrogens is 308 g/mol. The molecule has 0 fully saturated rings. The van der Waals surface area contributed by atoms with Gasteiger partial charge < -0.3 is 15.3 Å². The third-order valence-corrected chi connectivity index (χ3v) is 4.99. The van der Waals surface area contributed by atoms with Gasteiger partial charge in [-0.25, -0.2) is 4.79 Å². The number of carbonyl (C=O) groups excluding carboxylic acids is 1. The van der Waals surface area contributed by atoms with Crippen molar-refractivity contribution in [2.24, 2.45) is 0 Å². The average molecular weight is 328 g/mol. The normalized spacial score (nSPS) is 16.8. The molecule has 0 aliphatic carbocycles. The second-order valence-electron chi connectivity index (χ2n) is 5.47. The molecule has 5 heteroatoms. The smallest absolute Gasteiger partial charge is 0.322 e. The second kappa shape index (κ2) is 7.06. The summed E-state index contributed by atoms with van der Waals surface area (Å²) in [5.41, 5.74) is 3.05. The van der Waals surface area contributed by atoms with E-state index in [0.717, 1.165) is 22.6 Å². The SMILES string of the molecule is CSc1ccccc1NC(=O)N1CCc2ccccc2C1CO. The predicted octanol–water partition coefficient (Wildman–Crippen LogP) is 3.53. The number of hydrogen-bond acceptors (Lipinski definition) is 3. The number of carbonyl (C=O) groups is 1. The lowest BCUT2D eigenvalue weighted by molar-refractivity contribution is 0.135. The molecule has 23 heavy (non-hydrogen) atoms. The summed E-state index contributed by atoms with van der Waals surface area (Å²) < 4.78 is 0. The molecule has 0 spiro atoms. The number of anilines is 1. The zero-order valence-corrected chi connectivity index (χ0v) is 13.8. The van der Waals surface area contributed by atoms with Crippen LogP contribution < -0.4 is 5.32 Å². The molecule has 0 bridgehead atoms. The van der Waals surface area contributed by atoms with Gasteiger partial charge in [0.2, 0.25) is 0 Å². The lowest BCUT2D eigenvalue weighted by Crippen LogP contribution is -2.43. The van der Waals surface area contributed by atoms with E-state index in [1.54, 1.807) is 16.7 Å². The summed E-state index contributed by atoms with van der Waals surface area (Å²) >= 11 is 1.60. The molecule has 0 radical (unpaired) electrons. The number of thioether (sulfide) groups is 1. The van der Waals surface area contributed by atoms with Gasteiger partial charge in [0.1, 0.15) is 0 Å². The van der Waals surface area contributed by atoms with Crippen LogP contribution >= 0.6 is 11.8 Å². The Hall–Kier alpha value is -1.98. The first kappa shape index (κ1) is 15.9. The predicted molar refractivity (Wildman–Crippen MR) is 93.9 cm³/mol. The van der Waals surface area contributed by atoms with Gasteiger partial charge in [-0.05, 0) is 35.9 Å². The van der Waals surface area contributed by atoms with Crippen LogP contribution in [0.15, 0.2) is 53.4 Å².